The third kappa shape index (κ3) is 3.01. The smallest absolute Gasteiger partial charge is 0.258 e. The zero-order valence-corrected chi connectivity index (χ0v) is 13.4. The molecule has 1 aromatic carbocycles. The average molecular weight is 306 g/mol. The molecule has 2 aromatic heterocycles. The van der Waals surface area contributed by atoms with Gasteiger partial charge in [-0.1, -0.05) is 18.2 Å². The number of hydrogen-bond donors (Lipinski definition) is 0. The monoisotopic (exact) mass is 306 g/mol. The van der Waals surface area contributed by atoms with Crippen LogP contribution in [0.15, 0.2) is 59.8 Å². The standard InChI is InChI=1S/C19H18N2O2/c1-13-5-4-6-14(2)18(13)23-16-11-17(19(22)21(3)12-16)15-7-9-20-10-8-15/h4-12H,1-3H3. The van der Waals surface area contributed by atoms with Gasteiger partial charge in [0.05, 0.1) is 5.56 Å². The Morgan fingerprint density at radius 1 is 1.04 bits per heavy atom. The molecule has 0 radical (unpaired) electrons. The summed E-state index contributed by atoms with van der Waals surface area (Å²) in [6.45, 7) is 4.02. The van der Waals surface area contributed by atoms with Crippen molar-refractivity contribution in [2.45, 2.75) is 13.8 Å². The summed E-state index contributed by atoms with van der Waals surface area (Å²) >= 11 is 0. The molecular formula is C19H18N2O2. The van der Waals surface area contributed by atoms with Crippen LogP contribution >= 0.6 is 0 Å². The highest BCUT2D eigenvalue weighted by atomic mass is 16.5. The molecule has 3 aromatic rings. The Kier molecular flexibility index (Phi) is 3.98. The van der Waals surface area contributed by atoms with Gasteiger partial charge in [0, 0.05) is 25.6 Å². The van der Waals surface area contributed by atoms with Crippen molar-refractivity contribution < 1.29 is 4.74 Å². The van der Waals surface area contributed by atoms with E-state index in [0.29, 0.717) is 11.3 Å². The Labute approximate surface area is 135 Å². The van der Waals surface area contributed by atoms with Gasteiger partial charge in [0.15, 0.2) is 0 Å². The highest BCUT2D eigenvalue weighted by Gasteiger charge is 2.10. The Morgan fingerprint density at radius 3 is 2.35 bits per heavy atom. The molecule has 0 atom stereocenters. The van der Waals surface area contributed by atoms with Gasteiger partial charge in [0.2, 0.25) is 0 Å². The molecule has 0 unspecified atom stereocenters. The minimum atomic E-state index is -0.0648. The number of ether oxygens (including phenoxy) is 1. The van der Waals surface area contributed by atoms with Crippen LogP contribution in [0.25, 0.3) is 11.1 Å². The zero-order valence-electron chi connectivity index (χ0n) is 13.4. The largest absolute Gasteiger partial charge is 0.455 e. The van der Waals surface area contributed by atoms with Crippen molar-refractivity contribution in [1.82, 2.24) is 9.55 Å². The summed E-state index contributed by atoms with van der Waals surface area (Å²) in [5.41, 5.74) is 3.48. The minimum Gasteiger partial charge on any atom is -0.455 e. The van der Waals surface area contributed by atoms with Crippen LogP contribution in [0.5, 0.6) is 11.5 Å². The van der Waals surface area contributed by atoms with Crippen molar-refractivity contribution >= 4 is 0 Å². The van der Waals surface area contributed by atoms with E-state index in [9.17, 15) is 4.79 Å². The number of pyridine rings is 2. The fraction of sp³-hybridized carbons (Fsp3) is 0.158. The minimum absolute atomic E-state index is 0.0648. The number of para-hydroxylation sites is 1. The van der Waals surface area contributed by atoms with E-state index in [-0.39, 0.29) is 5.56 Å². The summed E-state index contributed by atoms with van der Waals surface area (Å²) < 4.78 is 7.60. The normalized spacial score (nSPS) is 10.6. The van der Waals surface area contributed by atoms with E-state index in [2.05, 4.69) is 4.98 Å². The topological polar surface area (TPSA) is 44.1 Å². The van der Waals surface area contributed by atoms with Crippen molar-refractivity contribution in [1.29, 1.82) is 0 Å². The molecule has 2 heterocycles. The van der Waals surface area contributed by atoms with E-state index in [1.165, 1.54) is 0 Å². The van der Waals surface area contributed by atoms with Crippen molar-refractivity contribution in [2.24, 2.45) is 7.05 Å². The van der Waals surface area contributed by atoms with Gasteiger partial charge in [0.1, 0.15) is 11.5 Å². The summed E-state index contributed by atoms with van der Waals surface area (Å²) in [5, 5.41) is 0. The van der Waals surface area contributed by atoms with Crippen LogP contribution in [0.3, 0.4) is 0 Å². The molecule has 0 aliphatic heterocycles. The SMILES string of the molecule is Cc1cccc(C)c1Oc1cc(-c2ccncc2)c(=O)n(C)c1. The van der Waals surface area contributed by atoms with Gasteiger partial charge in [-0.25, -0.2) is 0 Å². The van der Waals surface area contributed by atoms with E-state index < -0.39 is 0 Å². The number of aromatic nitrogens is 2. The first-order valence-electron chi connectivity index (χ1n) is 7.41. The van der Waals surface area contributed by atoms with Gasteiger partial charge in [-0.3, -0.25) is 9.78 Å². The first kappa shape index (κ1) is 15.0. The maximum absolute atomic E-state index is 12.4. The fourth-order valence-electron chi connectivity index (χ4n) is 2.55. The second-order valence-corrected chi connectivity index (χ2v) is 5.56. The van der Waals surface area contributed by atoms with Gasteiger partial charge in [-0.15, -0.1) is 0 Å². The van der Waals surface area contributed by atoms with Crippen molar-refractivity contribution in [3.8, 4) is 22.6 Å². The van der Waals surface area contributed by atoms with Gasteiger partial charge in [-0.2, -0.15) is 0 Å². The number of nitrogens with zero attached hydrogens (tertiary/aromatic N) is 2. The second kappa shape index (κ2) is 6.08. The summed E-state index contributed by atoms with van der Waals surface area (Å²) in [6, 6.07) is 11.4. The van der Waals surface area contributed by atoms with Crippen LogP contribution in [0.2, 0.25) is 0 Å². The van der Waals surface area contributed by atoms with Crippen molar-refractivity contribution in [3.63, 3.8) is 0 Å². The third-order valence-corrected chi connectivity index (χ3v) is 3.78. The van der Waals surface area contributed by atoms with Crippen LogP contribution in [-0.2, 0) is 7.05 Å². The molecular weight excluding hydrogens is 288 g/mol. The fourth-order valence-corrected chi connectivity index (χ4v) is 2.55. The molecule has 0 fully saturated rings. The molecule has 0 saturated carbocycles. The number of benzene rings is 1. The Bertz CT molecular complexity index is 879. The summed E-state index contributed by atoms with van der Waals surface area (Å²) in [5.74, 6) is 1.46. The highest BCUT2D eigenvalue weighted by Crippen LogP contribution is 2.29. The molecule has 0 bridgehead atoms. The van der Waals surface area contributed by atoms with Gasteiger partial charge in [-0.05, 0) is 48.7 Å². The quantitative estimate of drug-likeness (QED) is 0.738. The number of aryl methyl sites for hydroxylation is 3. The Hall–Kier alpha value is -2.88. The van der Waals surface area contributed by atoms with E-state index in [0.717, 1.165) is 22.4 Å². The zero-order chi connectivity index (χ0) is 16.4. The van der Waals surface area contributed by atoms with E-state index >= 15 is 0 Å². The van der Waals surface area contributed by atoms with Gasteiger partial charge < -0.3 is 9.30 Å². The predicted molar refractivity (Wildman–Crippen MR) is 90.9 cm³/mol. The number of rotatable bonds is 3. The van der Waals surface area contributed by atoms with Crippen LogP contribution in [0.4, 0.5) is 0 Å². The lowest BCUT2D eigenvalue weighted by molar-refractivity contribution is 0.469. The summed E-state index contributed by atoms with van der Waals surface area (Å²) in [4.78, 5) is 16.4. The molecule has 0 N–H and O–H groups in total. The molecule has 0 aliphatic rings. The van der Waals surface area contributed by atoms with Gasteiger partial charge in [0.25, 0.3) is 5.56 Å². The third-order valence-electron chi connectivity index (χ3n) is 3.78. The van der Waals surface area contributed by atoms with Crippen LogP contribution < -0.4 is 10.3 Å². The van der Waals surface area contributed by atoms with E-state index in [4.69, 9.17) is 4.74 Å². The van der Waals surface area contributed by atoms with E-state index in [1.807, 2.05) is 44.2 Å². The molecule has 4 nitrogen and oxygen atoms in total. The molecule has 3 rings (SSSR count). The Balaban J connectivity index is 2.08. The van der Waals surface area contributed by atoms with Gasteiger partial charge >= 0.3 is 0 Å². The lowest BCUT2D eigenvalue weighted by Crippen LogP contribution is -2.18. The summed E-state index contributed by atoms with van der Waals surface area (Å²) in [7, 11) is 1.73. The first-order chi connectivity index (χ1) is 11.1. The molecule has 4 heteroatoms. The van der Waals surface area contributed by atoms with Crippen LogP contribution in [0.1, 0.15) is 11.1 Å². The maximum atomic E-state index is 12.4. The highest BCUT2D eigenvalue weighted by molar-refractivity contribution is 5.63. The van der Waals surface area contributed by atoms with Crippen LogP contribution in [0, 0.1) is 13.8 Å². The number of hydrogen-bond acceptors (Lipinski definition) is 3. The molecule has 0 aliphatic carbocycles. The van der Waals surface area contributed by atoms with Crippen molar-refractivity contribution in [2.75, 3.05) is 0 Å². The summed E-state index contributed by atoms with van der Waals surface area (Å²) in [6.07, 6.45) is 5.06. The van der Waals surface area contributed by atoms with Crippen molar-refractivity contribution in [3.05, 3.63) is 76.5 Å². The molecule has 116 valence electrons. The average Bonchev–Trinajstić information content (AvgIpc) is 2.55. The van der Waals surface area contributed by atoms with E-state index in [1.54, 1.807) is 36.3 Å². The lowest BCUT2D eigenvalue weighted by Gasteiger charge is -2.13. The van der Waals surface area contributed by atoms with Crippen LogP contribution in [-0.4, -0.2) is 9.55 Å². The first-order valence-corrected chi connectivity index (χ1v) is 7.41. The lowest BCUT2D eigenvalue weighted by atomic mass is 10.1. The molecule has 0 amide bonds. The molecule has 0 saturated heterocycles. The molecule has 23 heavy (non-hydrogen) atoms. The predicted octanol–water partition coefficient (Wildman–Crippen LogP) is 3.86. The second-order valence-electron chi connectivity index (χ2n) is 5.56. The Morgan fingerprint density at radius 2 is 1.70 bits per heavy atom. The maximum Gasteiger partial charge on any atom is 0.258 e. The molecule has 0 spiro atoms.